The molecule has 1 amide bonds. The predicted octanol–water partition coefficient (Wildman–Crippen LogP) is 4.10. The Balaban J connectivity index is 1.81. The van der Waals surface area contributed by atoms with Crippen LogP contribution in [0.2, 0.25) is 0 Å². The third-order valence-corrected chi connectivity index (χ3v) is 5.92. The highest BCUT2D eigenvalue weighted by Gasteiger charge is 2.31. The number of benzene rings is 1. The number of thioether (sulfide) groups is 1. The Bertz CT molecular complexity index is 888. The van der Waals surface area contributed by atoms with E-state index in [0.717, 1.165) is 5.75 Å². The molecule has 1 aromatic carbocycles. The van der Waals surface area contributed by atoms with E-state index in [1.54, 1.807) is 6.08 Å². The number of fused-ring (bicyclic) bond motifs is 1. The molecule has 1 aliphatic rings. The smallest absolute Gasteiger partial charge is 0.236 e. The molecule has 0 saturated heterocycles. The van der Waals surface area contributed by atoms with Gasteiger partial charge in [-0.1, -0.05) is 30.0 Å². The molecular formula is C22H30N4O3S. The van der Waals surface area contributed by atoms with Crippen molar-refractivity contribution in [2.75, 3.05) is 6.61 Å². The number of hydrogen-bond acceptors (Lipinski definition) is 6. The Labute approximate surface area is 182 Å². The molecule has 0 N–H and O–H groups in total. The molecule has 0 bridgehead atoms. The van der Waals surface area contributed by atoms with E-state index >= 15 is 0 Å². The number of carbonyl (C=O) groups is 1. The van der Waals surface area contributed by atoms with Crippen molar-refractivity contribution in [3.8, 4) is 11.5 Å². The fourth-order valence-corrected chi connectivity index (χ4v) is 4.52. The first-order valence-corrected chi connectivity index (χ1v) is 11.1. The third-order valence-electron chi connectivity index (χ3n) is 4.85. The van der Waals surface area contributed by atoms with Crippen LogP contribution in [0.5, 0.6) is 11.5 Å². The van der Waals surface area contributed by atoms with Crippen molar-refractivity contribution < 1.29 is 14.3 Å². The molecule has 162 valence electrons. The van der Waals surface area contributed by atoms with E-state index in [0.29, 0.717) is 29.9 Å². The number of para-hydroxylation sites is 2. The minimum absolute atomic E-state index is 0.0888. The molecule has 0 fully saturated rings. The fourth-order valence-electron chi connectivity index (χ4n) is 3.60. The summed E-state index contributed by atoms with van der Waals surface area (Å²) in [6.07, 6.45) is 1.41. The lowest BCUT2D eigenvalue weighted by Gasteiger charge is -2.32. The van der Waals surface area contributed by atoms with Crippen molar-refractivity contribution >= 4 is 17.7 Å². The van der Waals surface area contributed by atoms with Gasteiger partial charge in [0.25, 0.3) is 0 Å². The van der Waals surface area contributed by atoms with Gasteiger partial charge in [0.1, 0.15) is 6.61 Å². The Morgan fingerprint density at radius 3 is 2.53 bits per heavy atom. The second-order valence-corrected chi connectivity index (χ2v) is 9.11. The van der Waals surface area contributed by atoms with Crippen LogP contribution in [0.3, 0.4) is 0 Å². The number of ether oxygens (including phenoxy) is 2. The van der Waals surface area contributed by atoms with Gasteiger partial charge in [0.2, 0.25) is 5.91 Å². The molecule has 0 spiro atoms. The standard InChI is InChI=1S/C22H30N4O3S/c1-7-12-25-20(19-13-28-17-10-8-9-11-18(17)29-19)23-24-22(25)30-16(6)21(27)26(14(2)3)15(4)5/h7-11,14-16,19H,1,12-13H2,2-6H3/t16-,19+/m0/s1. The lowest BCUT2D eigenvalue weighted by Crippen LogP contribution is -2.45. The summed E-state index contributed by atoms with van der Waals surface area (Å²) in [5, 5.41) is 9.11. The Kier molecular flexibility index (Phi) is 7.07. The second kappa shape index (κ2) is 9.55. The van der Waals surface area contributed by atoms with Crippen molar-refractivity contribution in [1.82, 2.24) is 19.7 Å². The monoisotopic (exact) mass is 430 g/mol. The van der Waals surface area contributed by atoms with Gasteiger partial charge in [0, 0.05) is 18.6 Å². The average molecular weight is 431 g/mol. The molecule has 0 radical (unpaired) electrons. The van der Waals surface area contributed by atoms with Crippen LogP contribution in [-0.4, -0.2) is 49.5 Å². The van der Waals surface area contributed by atoms with E-state index < -0.39 is 0 Å². The van der Waals surface area contributed by atoms with Crippen LogP contribution >= 0.6 is 11.8 Å². The van der Waals surface area contributed by atoms with Crippen molar-refractivity contribution in [2.45, 2.75) is 69.8 Å². The van der Waals surface area contributed by atoms with Crippen LogP contribution < -0.4 is 9.47 Å². The van der Waals surface area contributed by atoms with Crippen molar-refractivity contribution in [3.05, 3.63) is 42.7 Å². The minimum atomic E-state index is -0.379. The maximum absolute atomic E-state index is 13.0. The van der Waals surface area contributed by atoms with E-state index in [1.165, 1.54) is 11.8 Å². The van der Waals surface area contributed by atoms with E-state index in [-0.39, 0.29) is 29.3 Å². The first kappa shape index (κ1) is 22.2. The molecule has 3 rings (SSSR count). The zero-order valence-electron chi connectivity index (χ0n) is 18.2. The van der Waals surface area contributed by atoms with Gasteiger partial charge in [-0.15, -0.1) is 16.8 Å². The van der Waals surface area contributed by atoms with Gasteiger partial charge >= 0.3 is 0 Å². The molecule has 0 saturated carbocycles. The lowest BCUT2D eigenvalue weighted by molar-refractivity contribution is -0.133. The molecule has 0 unspecified atom stereocenters. The van der Waals surface area contributed by atoms with Crippen LogP contribution in [0.4, 0.5) is 0 Å². The molecule has 30 heavy (non-hydrogen) atoms. The van der Waals surface area contributed by atoms with Gasteiger partial charge < -0.3 is 14.4 Å². The van der Waals surface area contributed by atoms with Gasteiger partial charge in [-0.05, 0) is 46.8 Å². The maximum Gasteiger partial charge on any atom is 0.236 e. The van der Waals surface area contributed by atoms with E-state index in [9.17, 15) is 4.79 Å². The SMILES string of the molecule is C=CCn1c(S[C@@H](C)C(=O)N(C(C)C)C(C)C)nnc1[C@H]1COc2ccccc2O1. The van der Waals surface area contributed by atoms with E-state index in [4.69, 9.17) is 9.47 Å². The van der Waals surface area contributed by atoms with Crippen molar-refractivity contribution in [1.29, 1.82) is 0 Å². The predicted molar refractivity (Wildman–Crippen MR) is 118 cm³/mol. The molecule has 0 aliphatic carbocycles. The number of nitrogens with zero attached hydrogens (tertiary/aromatic N) is 4. The number of amides is 1. The summed E-state index contributed by atoms with van der Waals surface area (Å²) in [6.45, 7) is 14.8. The van der Waals surface area contributed by atoms with Crippen molar-refractivity contribution in [2.24, 2.45) is 0 Å². The summed E-state index contributed by atoms with van der Waals surface area (Å²) in [7, 11) is 0. The fraction of sp³-hybridized carbons (Fsp3) is 0.500. The minimum Gasteiger partial charge on any atom is -0.485 e. The van der Waals surface area contributed by atoms with Gasteiger partial charge in [-0.3, -0.25) is 9.36 Å². The average Bonchev–Trinajstić information content (AvgIpc) is 3.09. The number of allylic oxidation sites excluding steroid dienone is 1. The molecule has 2 aromatic rings. The zero-order valence-corrected chi connectivity index (χ0v) is 19.1. The van der Waals surface area contributed by atoms with Crippen LogP contribution in [-0.2, 0) is 11.3 Å². The molecule has 2 atom stereocenters. The maximum atomic E-state index is 13.0. The van der Waals surface area contributed by atoms with Crippen LogP contribution in [0, 0.1) is 0 Å². The van der Waals surface area contributed by atoms with Crippen LogP contribution in [0.1, 0.15) is 46.5 Å². The zero-order chi connectivity index (χ0) is 21.8. The quantitative estimate of drug-likeness (QED) is 0.464. The summed E-state index contributed by atoms with van der Waals surface area (Å²) < 4.78 is 13.9. The van der Waals surface area contributed by atoms with Gasteiger partial charge in [-0.25, -0.2) is 0 Å². The molecule has 2 heterocycles. The largest absolute Gasteiger partial charge is 0.485 e. The third kappa shape index (κ3) is 4.64. The Morgan fingerprint density at radius 1 is 1.23 bits per heavy atom. The molecule has 8 heteroatoms. The molecular weight excluding hydrogens is 400 g/mol. The molecule has 1 aromatic heterocycles. The Morgan fingerprint density at radius 2 is 1.90 bits per heavy atom. The summed E-state index contributed by atoms with van der Waals surface area (Å²) in [6, 6.07) is 7.84. The normalized spacial score (nSPS) is 16.6. The van der Waals surface area contributed by atoms with Crippen LogP contribution in [0.25, 0.3) is 0 Å². The van der Waals surface area contributed by atoms with Gasteiger partial charge in [-0.2, -0.15) is 0 Å². The first-order valence-electron chi connectivity index (χ1n) is 10.2. The Hall–Kier alpha value is -2.48. The van der Waals surface area contributed by atoms with E-state index in [2.05, 4.69) is 16.8 Å². The van der Waals surface area contributed by atoms with Crippen LogP contribution in [0.15, 0.2) is 42.1 Å². The highest BCUT2D eigenvalue weighted by Crippen LogP contribution is 2.36. The summed E-state index contributed by atoms with van der Waals surface area (Å²) >= 11 is 1.41. The van der Waals surface area contributed by atoms with Crippen molar-refractivity contribution in [3.63, 3.8) is 0 Å². The number of aromatic nitrogens is 3. The summed E-state index contributed by atoms with van der Waals surface area (Å²) in [4.78, 5) is 14.9. The molecule has 7 nitrogen and oxygen atoms in total. The van der Waals surface area contributed by atoms with Gasteiger partial charge in [0.05, 0.1) is 5.25 Å². The first-order chi connectivity index (χ1) is 14.3. The number of hydrogen-bond donors (Lipinski definition) is 0. The summed E-state index contributed by atoms with van der Waals surface area (Å²) in [5.74, 6) is 2.16. The summed E-state index contributed by atoms with van der Waals surface area (Å²) in [5.41, 5.74) is 0. The van der Waals surface area contributed by atoms with Gasteiger partial charge in [0.15, 0.2) is 28.6 Å². The molecule has 1 aliphatic heterocycles. The lowest BCUT2D eigenvalue weighted by atomic mass is 10.2. The highest BCUT2D eigenvalue weighted by atomic mass is 32.2. The number of carbonyl (C=O) groups excluding carboxylic acids is 1. The number of rotatable bonds is 8. The highest BCUT2D eigenvalue weighted by molar-refractivity contribution is 8.00. The van der Waals surface area contributed by atoms with E-state index in [1.807, 2.05) is 68.4 Å². The second-order valence-electron chi connectivity index (χ2n) is 7.80. The topological polar surface area (TPSA) is 69.5 Å².